The maximum Gasteiger partial charge on any atom is 0.310 e. The van der Waals surface area contributed by atoms with Gasteiger partial charge in [-0.25, -0.2) is 0 Å². The van der Waals surface area contributed by atoms with Gasteiger partial charge in [0, 0.05) is 12.3 Å². The lowest BCUT2D eigenvalue weighted by molar-refractivity contribution is -0.214. The van der Waals surface area contributed by atoms with E-state index in [-0.39, 0.29) is 39.7 Å². The molecular formula is C32H50O4. The van der Waals surface area contributed by atoms with E-state index in [9.17, 15) is 14.7 Å². The van der Waals surface area contributed by atoms with Crippen LogP contribution in [0, 0.1) is 56.7 Å². The molecule has 0 aliphatic heterocycles. The summed E-state index contributed by atoms with van der Waals surface area (Å²) in [4.78, 5) is 24.7. The van der Waals surface area contributed by atoms with Crippen LogP contribution < -0.4 is 0 Å². The molecular weight excluding hydrogens is 448 g/mol. The maximum absolute atomic E-state index is 12.9. The number of fused-ring (bicyclic) bond motifs is 7. The van der Waals surface area contributed by atoms with Gasteiger partial charge in [0.2, 0.25) is 0 Å². The van der Waals surface area contributed by atoms with Crippen LogP contribution in [0.15, 0.2) is 11.6 Å². The van der Waals surface area contributed by atoms with E-state index in [1.54, 1.807) is 6.92 Å². The molecule has 4 fully saturated rings. The van der Waals surface area contributed by atoms with Gasteiger partial charge in [-0.05, 0) is 104 Å². The number of esters is 1. The third-order valence-electron chi connectivity index (χ3n) is 13.7. The van der Waals surface area contributed by atoms with Gasteiger partial charge in [-0.15, -0.1) is 0 Å². The van der Waals surface area contributed by atoms with Crippen molar-refractivity contribution in [2.24, 2.45) is 56.7 Å². The lowest BCUT2D eigenvalue weighted by Gasteiger charge is -2.71. The van der Waals surface area contributed by atoms with Gasteiger partial charge in [-0.1, -0.05) is 60.1 Å². The Bertz CT molecular complexity index is 981. The molecule has 5 aliphatic rings. The average molecular weight is 499 g/mol. The molecule has 0 aromatic carbocycles. The van der Waals surface area contributed by atoms with Crippen molar-refractivity contribution >= 4 is 11.9 Å². The van der Waals surface area contributed by atoms with Gasteiger partial charge in [-0.3, -0.25) is 9.59 Å². The summed E-state index contributed by atoms with van der Waals surface area (Å²) in [5, 5.41) is 10.6. The second-order valence-corrected chi connectivity index (χ2v) is 15.1. The topological polar surface area (TPSA) is 63.6 Å². The third kappa shape index (κ3) is 3.17. The van der Waals surface area contributed by atoms with E-state index in [0.717, 1.165) is 51.4 Å². The molecule has 4 saturated carbocycles. The van der Waals surface area contributed by atoms with Crippen molar-refractivity contribution in [2.45, 2.75) is 119 Å². The Morgan fingerprint density at radius 3 is 2.25 bits per heavy atom. The Morgan fingerprint density at radius 2 is 1.61 bits per heavy atom. The highest BCUT2D eigenvalue weighted by Crippen LogP contribution is 2.75. The second kappa shape index (κ2) is 8.09. The standard InChI is InChI=1S/C32H50O4/c1-19-11-16-32(27(34)35)18-17-30(7)22(26(32)20(19)2)9-10-24-29(6)14-13-25(36-21(3)33)28(4,5)23(29)12-15-31(24,30)8/h9,19-20,23-26H,10-18H2,1-8H3,(H,34,35)/t19-,20+,23+,24?,25+,26?,29+,30-,31-,32+/m1/s1. The summed E-state index contributed by atoms with van der Waals surface area (Å²) in [6.45, 7) is 18.5. The molecule has 0 radical (unpaired) electrons. The quantitative estimate of drug-likeness (QED) is 0.313. The van der Waals surface area contributed by atoms with Crippen LogP contribution in [0.1, 0.15) is 113 Å². The van der Waals surface area contributed by atoms with Gasteiger partial charge in [0.05, 0.1) is 5.41 Å². The van der Waals surface area contributed by atoms with E-state index >= 15 is 0 Å². The molecule has 5 rings (SSSR count). The molecule has 0 amide bonds. The van der Waals surface area contributed by atoms with Gasteiger partial charge in [0.1, 0.15) is 6.10 Å². The molecule has 0 bridgehead atoms. The van der Waals surface area contributed by atoms with Crippen molar-refractivity contribution in [1.29, 1.82) is 0 Å². The molecule has 202 valence electrons. The minimum Gasteiger partial charge on any atom is -0.481 e. The molecule has 0 saturated heterocycles. The molecule has 1 N–H and O–H groups in total. The highest BCUT2D eigenvalue weighted by atomic mass is 16.5. The number of hydrogen-bond donors (Lipinski definition) is 1. The van der Waals surface area contributed by atoms with E-state index < -0.39 is 11.4 Å². The highest BCUT2D eigenvalue weighted by Gasteiger charge is 2.69. The minimum absolute atomic E-state index is 0.00171. The fourth-order valence-electron chi connectivity index (χ4n) is 11.2. The molecule has 0 spiro atoms. The van der Waals surface area contributed by atoms with Gasteiger partial charge in [0.25, 0.3) is 0 Å². The molecule has 5 aliphatic carbocycles. The van der Waals surface area contributed by atoms with Crippen LogP contribution in [-0.4, -0.2) is 23.1 Å². The Kier molecular flexibility index (Phi) is 5.91. The first-order chi connectivity index (χ1) is 16.6. The van der Waals surface area contributed by atoms with Gasteiger partial charge < -0.3 is 9.84 Å². The van der Waals surface area contributed by atoms with Crippen LogP contribution in [0.5, 0.6) is 0 Å². The summed E-state index contributed by atoms with van der Waals surface area (Å²) >= 11 is 0. The van der Waals surface area contributed by atoms with Gasteiger partial charge >= 0.3 is 11.9 Å². The van der Waals surface area contributed by atoms with Crippen LogP contribution in [0.2, 0.25) is 0 Å². The Labute approximate surface area is 219 Å². The SMILES string of the molecule is CC(=O)O[C@H]1CC[C@]2(C)C3CC=C4C5[C@@H](C)[C@H](C)CC[C@]5(C(=O)O)CC[C@@]4(C)[C@]3(C)CC[C@H]2C1(C)C. The van der Waals surface area contributed by atoms with Gasteiger partial charge in [-0.2, -0.15) is 0 Å². The Balaban J connectivity index is 1.56. The highest BCUT2D eigenvalue weighted by molar-refractivity contribution is 5.76. The predicted molar refractivity (Wildman–Crippen MR) is 142 cm³/mol. The van der Waals surface area contributed by atoms with Crippen molar-refractivity contribution in [1.82, 2.24) is 0 Å². The average Bonchev–Trinajstić information content (AvgIpc) is 2.78. The normalized spacial score (nSPS) is 51.5. The largest absolute Gasteiger partial charge is 0.481 e. The summed E-state index contributed by atoms with van der Waals surface area (Å²) in [5.74, 6) is 1.53. The number of aliphatic carboxylic acids is 1. The van der Waals surface area contributed by atoms with E-state index in [2.05, 4.69) is 54.5 Å². The number of carbonyl (C=O) groups excluding carboxylic acids is 1. The zero-order chi connectivity index (χ0) is 26.5. The second-order valence-electron chi connectivity index (χ2n) is 15.1. The molecule has 10 atom stereocenters. The van der Waals surface area contributed by atoms with Crippen molar-refractivity contribution < 1.29 is 19.4 Å². The van der Waals surface area contributed by atoms with E-state index in [0.29, 0.717) is 23.7 Å². The van der Waals surface area contributed by atoms with E-state index in [1.807, 2.05) is 0 Å². The zero-order valence-electron chi connectivity index (χ0n) is 24.1. The number of carboxylic acid groups (broad SMARTS) is 1. The summed E-state index contributed by atoms with van der Waals surface area (Å²) < 4.78 is 5.88. The van der Waals surface area contributed by atoms with Crippen LogP contribution in [0.4, 0.5) is 0 Å². The molecule has 4 heteroatoms. The molecule has 4 nitrogen and oxygen atoms in total. The summed E-state index contributed by atoms with van der Waals surface area (Å²) in [6.07, 6.45) is 11.7. The monoisotopic (exact) mass is 498 g/mol. The number of allylic oxidation sites excluding steroid dienone is 2. The van der Waals surface area contributed by atoms with Crippen molar-refractivity contribution in [3.63, 3.8) is 0 Å². The lowest BCUT2D eigenvalue weighted by atomic mass is 9.33. The van der Waals surface area contributed by atoms with E-state index in [1.165, 1.54) is 12.0 Å². The van der Waals surface area contributed by atoms with Crippen LogP contribution in [0.3, 0.4) is 0 Å². The molecule has 0 heterocycles. The number of hydrogen-bond acceptors (Lipinski definition) is 3. The Morgan fingerprint density at radius 1 is 0.917 bits per heavy atom. The lowest BCUT2D eigenvalue weighted by Crippen LogP contribution is -2.65. The Hall–Kier alpha value is -1.32. The summed E-state index contributed by atoms with van der Waals surface area (Å²) in [7, 11) is 0. The minimum atomic E-state index is -0.578. The smallest absolute Gasteiger partial charge is 0.310 e. The fraction of sp³-hybridized carbons (Fsp3) is 0.875. The number of carboxylic acids is 1. The maximum atomic E-state index is 12.9. The van der Waals surface area contributed by atoms with Crippen LogP contribution in [-0.2, 0) is 14.3 Å². The van der Waals surface area contributed by atoms with Crippen LogP contribution in [0.25, 0.3) is 0 Å². The zero-order valence-corrected chi connectivity index (χ0v) is 24.1. The summed E-state index contributed by atoms with van der Waals surface area (Å²) in [6, 6.07) is 0. The number of carbonyl (C=O) groups is 2. The van der Waals surface area contributed by atoms with Crippen molar-refractivity contribution in [3.05, 3.63) is 11.6 Å². The van der Waals surface area contributed by atoms with Gasteiger partial charge in [0.15, 0.2) is 0 Å². The molecule has 36 heavy (non-hydrogen) atoms. The third-order valence-corrected chi connectivity index (χ3v) is 13.7. The van der Waals surface area contributed by atoms with Crippen molar-refractivity contribution in [2.75, 3.05) is 0 Å². The summed E-state index contributed by atoms with van der Waals surface area (Å²) in [5.41, 5.74) is 1.30. The van der Waals surface area contributed by atoms with E-state index in [4.69, 9.17) is 4.74 Å². The van der Waals surface area contributed by atoms with Crippen molar-refractivity contribution in [3.8, 4) is 0 Å². The number of rotatable bonds is 2. The first-order valence-electron chi connectivity index (χ1n) is 14.8. The first-order valence-corrected chi connectivity index (χ1v) is 14.8. The molecule has 2 unspecified atom stereocenters. The fourth-order valence-corrected chi connectivity index (χ4v) is 11.2. The predicted octanol–water partition coefficient (Wildman–Crippen LogP) is 7.66. The first kappa shape index (κ1) is 26.3. The molecule has 0 aromatic rings. The molecule has 0 aromatic heterocycles. The van der Waals surface area contributed by atoms with Crippen LogP contribution >= 0.6 is 0 Å². The number of ether oxygens (including phenoxy) is 1.